The van der Waals surface area contributed by atoms with Gasteiger partial charge < -0.3 is 23.9 Å². The Morgan fingerprint density at radius 1 is 1.15 bits per heavy atom. The number of ether oxygens (including phenoxy) is 3. The molecule has 1 heterocycles. The number of carbonyl (C=O) groups is 2. The highest BCUT2D eigenvalue weighted by molar-refractivity contribution is 6.36. The number of esters is 1. The first-order chi connectivity index (χ1) is 13.0. The van der Waals surface area contributed by atoms with Gasteiger partial charge in [0.15, 0.2) is 0 Å². The lowest BCUT2D eigenvalue weighted by Crippen LogP contribution is -2.13. The van der Waals surface area contributed by atoms with Gasteiger partial charge in [-0.1, -0.05) is 17.7 Å². The SMILES string of the molecule is COCCOc1oc(=O)c2cc(NC(=O)CCCC(=O)OC)ccc2c1Cl. The van der Waals surface area contributed by atoms with Gasteiger partial charge >= 0.3 is 17.5 Å². The molecule has 0 atom stereocenters. The number of amides is 1. The van der Waals surface area contributed by atoms with Crippen LogP contribution in [0.25, 0.3) is 10.8 Å². The van der Waals surface area contributed by atoms with Gasteiger partial charge in [-0.15, -0.1) is 0 Å². The lowest BCUT2D eigenvalue weighted by atomic mass is 10.1. The molecular weight excluding hydrogens is 378 g/mol. The number of hydrogen-bond donors (Lipinski definition) is 1. The van der Waals surface area contributed by atoms with Gasteiger partial charge in [-0.25, -0.2) is 4.79 Å². The van der Waals surface area contributed by atoms with Crippen molar-refractivity contribution in [2.75, 3.05) is 32.8 Å². The van der Waals surface area contributed by atoms with E-state index in [1.54, 1.807) is 12.1 Å². The zero-order valence-electron chi connectivity index (χ0n) is 15.0. The van der Waals surface area contributed by atoms with Crippen molar-refractivity contribution in [2.45, 2.75) is 19.3 Å². The van der Waals surface area contributed by atoms with Crippen LogP contribution in [0.1, 0.15) is 19.3 Å². The Kier molecular flexibility index (Phi) is 7.63. The monoisotopic (exact) mass is 397 g/mol. The van der Waals surface area contributed by atoms with E-state index >= 15 is 0 Å². The molecule has 1 aromatic heterocycles. The Hall–Kier alpha value is -2.58. The normalized spacial score (nSPS) is 10.6. The van der Waals surface area contributed by atoms with Crippen molar-refractivity contribution in [3.05, 3.63) is 33.6 Å². The summed E-state index contributed by atoms with van der Waals surface area (Å²) in [4.78, 5) is 35.2. The largest absolute Gasteiger partial charge is 0.469 e. The summed E-state index contributed by atoms with van der Waals surface area (Å²) in [5, 5.41) is 3.49. The van der Waals surface area contributed by atoms with Crippen LogP contribution in [0.2, 0.25) is 5.02 Å². The minimum absolute atomic E-state index is 0.0780. The van der Waals surface area contributed by atoms with Crippen LogP contribution in [0.3, 0.4) is 0 Å². The van der Waals surface area contributed by atoms with Crippen molar-refractivity contribution >= 4 is 39.9 Å². The van der Waals surface area contributed by atoms with Crippen molar-refractivity contribution in [1.82, 2.24) is 0 Å². The van der Waals surface area contributed by atoms with Gasteiger partial charge in [-0.3, -0.25) is 9.59 Å². The first-order valence-electron chi connectivity index (χ1n) is 8.21. The number of fused-ring (bicyclic) bond motifs is 1. The van der Waals surface area contributed by atoms with E-state index in [9.17, 15) is 14.4 Å². The van der Waals surface area contributed by atoms with Crippen LogP contribution in [0.4, 0.5) is 5.69 Å². The molecular formula is C18H20ClNO7. The summed E-state index contributed by atoms with van der Waals surface area (Å²) >= 11 is 6.23. The second-order valence-electron chi connectivity index (χ2n) is 5.57. The lowest BCUT2D eigenvalue weighted by Gasteiger charge is -2.09. The minimum atomic E-state index is -0.636. The number of benzene rings is 1. The Bertz CT molecular complexity index is 878. The number of carbonyl (C=O) groups excluding carboxylic acids is 2. The fourth-order valence-corrected chi connectivity index (χ4v) is 2.56. The second kappa shape index (κ2) is 9.94. The van der Waals surface area contributed by atoms with E-state index in [1.165, 1.54) is 20.3 Å². The Balaban J connectivity index is 2.11. The Morgan fingerprint density at radius 3 is 2.63 bits per heavy atom. The number of nitrogens with one attached hydrogen (secondary N) is 1. The summed E-state index contributed by atoms with van der Waals surface area (Å²) in [7, 11) is 2.81. The van der Waals surface area contributed by atoms with Gasteiger partial charge in [0.2, 0.25) is 5.91 Å². The molecule has 0 saturated carbocycles. The molecule has 27 heavy (non-hydrogen) atoms. The van der Waals surface area contributed by atoms with E-state index in [4.69, 9.17) is 25.5 Å². The first kappa shape index (κ1) is 20.7. The molecule has 2 rings (SSSR count). The molecule has 0 aliphatic carbocycles. The predicted molar refractivity (Wildman–Crippen MR) is 99.4 cm³/mol. The topological polar surface area (TPSA) is 104 Å². The van der Waals surface area contributed by atoms with E-state index in [-0.39, 0.29) is 47.7 Å². The smallest absolute Gasteiger partial charge is 0.346 e. The third-order valence-electron chi connectivity index (χ3n) is 3.66. The average Bonchev–Trinajstić information content (AvgIpc) is 2.65. The van der Waals surface area contributed by atoms with Crippen molar-refractivity contribution in [3.63, 3.8) is 0 Å². The van der Waals surface area contributed by atoms with Crippen molar-refractivity contribution < 1.29 is 28.2 Å². The molecule has 1 N–H and O–H groups in total. The molecule has 0 aliphatic heterocycles. The average molecular weight is 398 g/mol. The quantitative estimate of drug-likeness (QED) is 0.512. The number of anilines is 1. The number of rotatable bonds is 9. The van der Waals surface area contributed by atoms with Gasteiger partial charge in [-0.2, -0.15) is 0 Å². The molecule has 1 amide bonds. The molecule has 0 fully saturated rings. The van der Waals surface area contributed by atoms with Crippen molar-refractivity contribution in [3.8, 4) is 5.95 Å². The summed E-state index contributed by atoms with van der Waals surface area (Å²) in [5.41, 5.74) is -0.217. The molecule has 8 nitrogen and oxygen atoms in total. The minimum Gasteiger partial charge on any atom is -0.469 e. The zero-order chi connectivity index (χ0) is 19.8. The molecule has 146 valence electrons. The highest BCUT2D eigenvalue weighted by Crippen LogP contribution is 2.31. The zero-order valence-corrected chi connectivity index (χ0v) is 15.8. The fraction of sp³-hybridized carbons (Fsp3) is 0.389. The van der Waals surface area contributed by atoms with Gasteiger partial charge in [0.1, 0.15) is 11.6 Å². The molecule has 0 bridgehead atoms. The highest BCUT2D eigenvalue weighted by atomic mass is 35.5. The maximum atomic E-state index is 12.2. The third kappa shape index (κ3) is 5.70. The molecule has 0 radical (unpaired) electrons. The van der Waals surface area contributed by atoms with Crippen LogP contribution >= 0.6 is 11.6 Å². The van der Waals surface area contributed by atoms with Crippen LogP contribution in [0.5, 0.6) is 5.95 Å². The molecule has 0 spiro atoms. The van der Waals surface area contributed by atoms with Crippen LogP contribution in [0.15, 0.2) is 27.4 Å². The van der Waals surface area contributed by atoms with E-state index < -0.39 is 5.63 Å². The van der Waals surface area contributed by atoms with Gasteiger partial charge in [0.05, 0.1) is 19.1 Å². The summed E-state index contributed by atoms with van der Waals surface area (Å²) in [6.45, 7) is 0.503. The summed E-state index contributed by atoms with van der Waals surface area (Å²) in [6, 6.07) is 4.69. The van der Waals surface area contributed by atoms with Crippen molar-refractivity contribution in [2.24, 2.45) is 0 Å². The van der Waals surface area contributed by atoms with Crippen LogP contribution in [-0.4, -0.2) is 39.3 Å². The molecule has 0 aliphatic rings. The first-order valence-corrected chi connectivity index (χ1v) is 8.58. The fourth-order valence-electron chi connectivity index (χ4n) is 2.31. The van der Waals surface area contributed by atoms with Gasteiger partial charge in [-0.05, 0) is 18.6 Å². The summed E-state index contributed by atoms with van der Waals surface area (Å²) in [5.74, 6) is -0.733. The standard InChI is InChI=1S/C18H20ClNO7/c1-24-8-9-26-18-16(19)12-7-6-11(10-13(12)17(23)27-18)20-14(21)4-3-5-15(22)25-2/h6-7,10H,3-5,8-9H2,1-2H3,(H,20,21). The maximum absolute atomic E-state index is 12.2. The van der Waals surface area contributed by atoms with Gasteiger partial charge in [0.25, 0.3) is 0 Å². The number of methoxy groups -OCH3 is 2. The number of hydrogen-bond acceptors (Lipinski definition) is 7. The lowest BCUT2D eigenvalue weighted by molar-refractivity contribution is -0.140. The summed E-state index contributed by atoms with van der Waals surface area (Å²) in [6.07, 6.45) is 0.670. The van der Waals surface area contributed by atoms with Crippen molar-refractivity contribution in [1.29, 1.82) is 0 Å². The molecule has 1 aromatic carbocycles. The number of halogens is 1. The Morgan fingerprint density at radius 2 is 1.93 bits per heavy atom. The van der Waals surface area contributed by atoms with E-state index in [2.05, 4.69) is 10.1 Å². The Labute approximate surface area is 160 Å². The van der Waals surface area contributed by atoms with Gasteiger partial charge in [0, 0.05) is 31.0 Å². The summed E-state index contributed by atoms with van der Waals surface area (Å²) < 4.78 is 19.8. The molecule has 0 unspecified atom stereocenters. The predicted octanol–water partition coefficient (Wildman–Crippen LogP) is 2.75. The van der Waals surface area contributed by atoms with E-state index in [1.807, 2.05) is 0 Å². The van der Waals surface area contributed by atoms with Crippen LogP contribution in [0, 0.1) is 0 Å². The van der Waals surface area contributed by atoms with E-state index in [0.29, 0.717) is 24.1 Å². The molecule has 2 aromatic rings. The molecule has 9 heteroatoms. The maximum Gasteiger partial charge on any atom is 0.346 e. The highest BCUT2D eigenvalue weighted by Gasteiger charge is 2.15. The molecule has 0 saturated heterocycles. The van der Waals surface area contributed by atoms with E-state index in [0.717, 1.165) is 0 Å². The van der Waals surface area contributed by atoms with Crippen LogP contribution < -0.4 is 15.7 Å². The van der Waals surface area contributed by atoms with Crippen LogP contribution in [-0.2, 0) is 19.1 Å². The second-order valence-corrected chi connectivity index (χ2v) is 5.95. The third-order valence-corrected chi connectivity index (χ3v) is 4.02.